The second-order valence-corrected chi connectivity index (χ2v) is 6.64. The molecule has 4 N–H and O–H groups in total. The molecule has 0 saturated heterocycles. The van der Waals surface area contributed by atoms with Crippen LogP contribution in [0.15, 0.2) is 24.3 Å². The maximum absolute atomic E-state index is 11.9. The Bertz CT molecular complexity index is 526. The molecule has 5 heteroatoms. The van der Waals surface area contributed by atoms with Crippen molar-refractivity contribution in [3.8, 4) is 0 Å². The van der Waals surface area contributed by atoms with Crippen LogP contribution in [0, 0.1) is 5.92 Å². The van der Waals surface area contributed by atoms with Gasteiger partial charge in [-0.05, 0) is 17.9 Å². The summed E-state index contributed by atoms with van der Waals surface area (Å²) in [6.45, 7) is 9.09. The zero-order valence-corrected chi connectivity index (χ0v) is 15.6. The largest absolute Gasteiger partial charge is 0.358 e. The van der Waals surface area contributed by atoms with Crippen LogP contribution in [0.25, 0.3) is 0 Å². The van der Waals surface area contributed by atoms with E-state index in [4.69, 9.17) is 0 Å². The summed E-state index contributed by atoms with van der Waals surface area (Å²) in [6, 6.07) is 8.95. The predicted octanol–water partition coefficient (Wildman–Crippen LogP) is 1.32. The van der Waals surface area contributed by atoms with Crippen molar-refractivity contribution in [2.24, 2.45) is 5.92 Å². The average molecular weight is 334 g/mol. The smallest absolute Gasteiger partial charge is 0.275 e. The highest BCUT2D eigenvalue weighted by atomic mass is 16.2. The Morgan fingerprint density at radius 2 is 1.62 bits per heavy atom. The third kappa shape index (κ3) is 6.32. The van der Waals surface area contributed by atoms with E-state index in [1.807, 2.05) is 5.32 Å². The Morgan fingerprint density at radius 3 is 2.12 bits per heavy atom. The average Bonchev–Trinajstić information content (AvgIpc) is 2.59. The Labute approximate surface area is 145 Å². The lowest BCUT2D eigenvalue weighted by atomic mass is 9.92. The van der Waals surface area contributed by atoms with Gasteiger partial charge in [-0.1, -0.05) is 52.0 Å². The summed E-state index contributed by atoms with van der Waals surface area (Å²) in [5, 5.41) is 7.16. The third-order valence-electron chi connectivity index (χ3n) is 4.50. The highest BCUT2D eigenvalue weighted by Gasteiger charge is 2.20. The van der Waals surface area contributed by atoms with Crippen molar-refractivity contribution in [1.29, 1.82) is 0 Å². The first-order chi connectivity index (χ1) is 11.4. The number of hydrogen-bond donors (Lipinski definition) is 3. The number of quaternary nitrogens is 1. The minimum Gasteiger partial charge on any atom is -0.358 e. The lowest BCUT2D eigenvalue weighted by Crippen LogP contribution is -2.88. The normalized spacial score (nSPS) is 13.4. The fraction of sp³-hybridized carbons (Fsp3) is 0.579. The Balaban J connectivity index is 2.64. The van der Waals surface area contributed by atoms with Crippen LogP contribution < -0.4 is 16.0 Å². The van der Waals surface area contributed by atoms with E-state index in [1.54, 1.807) is 7.05 Å². The lowest BCUT2D eigenvalue weighted by Gasteiger charge is -2.20. The zero-order chi connectivity index (χ0) is 18.1. The second-order valence-electron chi connectivity index (χ2n) is 6.64. The molecule has 0 spiro atoms. The summed E-state index contributed by atoms with van der Waals surface area (Å²) in [6.07, 6.45) is 1.13. The zero-order valence-electron chi connectivity index (χ0n) is 15.6. The van der Waals surface area contributed by atoms with Crippen molar-refractivity contribution in [1.82, 2.24) is 10.6 Å². The van der Waals surface area contributed by atoms with Crippen LogP contribution in [-0.4, -0.2) is 32.0 Å². The highest BCUT2D eigenvalue weighted by molar-refractivity contribution is 5.84. The standard InChI is InChI=1S/C19H31N3O2/c1-6-14(4)15-7-9-16(10-8-15)19(13(2)3)22-12-18(24)21-11-17(23)20-5/h7-10,13-14,19,22H,6,11-12H2,1-5H3,(H,20,23)(H,21,24)/p+1/t14-,19+/m1/s1. The van der Waals surface area contributed by atoms with E-state index >= 15 is 0 Å². The number of carbonyl (C=O) groups excluding carboxylic acids is 2. The molecule has 1 aromatic rings. The van der Waals surface area contributed by atoms with Crippen molar-refractivity contribution in [3.05, 3.63) is 35.4 Å². The van der Waals surface area contributed by atoms with E-state index in [-0.39, 0.29) is 24.4 Å². The van der Waals surface area contributed by atoms with E-state index in [0.717, 1.165) is 6.42 Å². The maximum Gasteiger partial charge on any atom is 0.275 e. The predicted molar refractivity (Wildman–Crippen MR) is 96.6 cm³/mol. The number of hydrogen-bond acceptors (Lipinski definition) is 2. The van der Waals surface area contributed by atoms with Crippen LogP contribution in [0.5, 0.6) is 0 Å². The molecule has 2 atom stereocenters. The van der Waals surface area contributed by atoms with Gasteiger partial charge >= 0.3 is 0 Å². The van der Waals surface area contributed by atoms with Crippen LogP contribution in [-0.2, 0) is 9.59 Å². The minimum absolute atomic E-state index is 0.0269. The quantitative estimate of drug-likeness (QED) is 0.637. The summed E-state index contributed by atoms with van der Waals surface area (Å²) in [5.41, 5.74) is 2.59. The summed E-state index contributed by atoms with van der Waals surface area (Å²) in [7, 11) is 1.55. The van der Waals surface area contributed by atoms with Gasteiger partial charge in [-0.2, -0.15) is 0 Å². The molecule has 134 valence electrons. The number of amides is 2. The number of nitrogens with one attached hydrogen (secondary N) is 2. The van der Waals surface area contributed by atoms with E-state index < -0.39 is 0 Å². The topological polar surface area (TPSA) is 74.8 Å². The summed E-state index contributed by atoms with van der Waals surface area (Å²) >= 11 is 0. The number of rotatable bonds is 9. The van der Waals surface area contributed by atoms with Gasteiger partial charge in [-0.15, -0.1) is 0 Å². The minimum atomic E-state index is -0.190. The first-order valence-electron chi connectivity index (χ1n) is 8.79. The lowest BCUT2D eigenvalue weighted by molar-refractivity contribution is -0.692. The molecule has 0 aliphatic carbocycles. The molecule has 0 aliphatic heterocycles. The first kappa shape index (κ1) is 20.2. The van der Waals surface area contributed by atoms with Crippen LogP contribution in [0.3, 0.4) is 0 Å². The van der Waals surface area contributed by atoms with Gasteiger partial charge in [0.1, 0.15) is 6.04 Å². The first-order valence-corrected chi connectivity index (χ1v) is 8.79. The van der Waals surface area contributed by atoms with Crippen molar-refractivity contribution in [2.45, 2.75) is 46.1 Å². The number of likely N-dealkylation sites (N-methyl/N-ethyl adjacent to an activating group) is 1. The molecule has 5 nitrogen and oxygen atoms in total. The van der Waals surface area contributed by atoms with Gasteiger partial charge < -0.3 is 16.0 Å². The molecule has 0 fully saturated rings. The number of benzene rings is 1. The van der Waals surface area contributed by atoms with Gasteiger partial charge in [0.25, 0.3) is 5.91 Å². The van der Waals surface area contributed by atoms with Crippen LogP contribution in [0.2, 0.25) is 0 Å². The fourth-order valence-electron chi connectivity index (χ4n) is 2.65. The highest BCUT2D eigenvalue weighted by Crippen LogP contribution is 2.22. The molecule has 0 unspecified atom stereocenters. The number of nitrogens with two attached hydrogens (primary N) is 1. The second kappa shape index (κ2) is 10.1. The Kier molecular flexibility index (Phi) is 8.47. The molecule has 0 aromatic heterocycles. The van der Waals surface area contributed by atoms with E-state index in [0.29, 0.717) is 18.4 Å². The van der Waals surface area contributed by atoms with Gasteiger partial charge in [0.05, 0.1) is 6.54 Å². The molecule has 0 aliphatic rings. The van der Waals surface area contributed by atoms with Crippen molar-refractivity contribution < 1.29 is 14.9 Å². The molecule has 24 heavy (non-hydrogen) atoms. The number of carbonyl (C=O) groups is 2. The van der Waals surface area contributed by atoms with Crippen molar-refractivity contribution >= 4 is 11.8 Å². The van der Waals surface area contributed by atoms with Gasteiger partial charge in [0.2, 0.25) is 5.91 Å². The van der Waals surface area contributed by atoms with Crippen molar-refractivity contribution in [3.63, 3.8) is 0 Å². The van der Waals surface area contributed by atoms with Gasteiger partial charge in [0, 0.05) is 18.5 Å². The maximum atomic E-state index is 11.9. The monoisotopic (exact) mass is 334 g/mol. The molecule has 0 saturated carbocycles. The molecule has 0 heterocycles. The van der Waals surface area contributed by atoms with E-state index in [1.165, 1.54) is 11.1 Å². The third-order valence-corrected chi connectivity index (χ3v) is 4.50. The van der Waals surface area contributed by atoms with Gasteiger partial charge in [-0.3, -0.25) is 9.59 Å². The van der Waals surface area contributed by atoms with Gasteiger partial charge in [0.15, 0.2) is 6.54 Å². The fourth-order valence-corrected chi connectivity index (χ4v) is 2.65. The Hall–Kier alpha value is -1.88. The molecular weight excluding hydrogens is 302 g/mol. The van der Waals surface area contributed by atoms with Crippen LogP contribution >= 0.6 is 0 Å². The van der Waals surface area contributed by atoms with E-state index in [9.17, 15) is 9.59 Å². The molecule has 0 bridgehead atoms. The molecular formula is C19H32N3O2+. The molecule has 0 radical (unpaired) electrons. The van der Waals surface area contributed by atoms with Crippen molar-refractivity contribution in [2.75, 3.05) is 20.1 Å². The van der Waals surface area contributed by atoms with Crippen LogP contribution in [0.4, 0.5) is 0 Å². The van der Waals surface area contributed by atoms with Gasteiger partial charge in [-0.25, -0.2) is 0 Å². The molecule has 1 rings (SSSR count). The molecule has 1 aromatic carbocycles. The Morgan fingerprint density at radius 1 is 1.04 bits per heavy atom. The summed E-state index contributed by atoms with van der Waals surface area (Å²) < 4.78 is 0. The van der Waals surface area contributed by atoms with E-state index in [2.05, 4.69) is 62.6 Å². The summed E-state index contributed by atoms with van der Waals surface area (Å²) in [4.78, 5) is 23.0. The SMILES string of the molecule is CC[C@@H](C)c1ccc([C@@H]([NH2+]CC(=O)NCC(=O)NC)C(C)C)cc1. The van der Waals surface area contributed by atoms with Crippen LogP contribution in [0.1, 0.15) is 57.2 Å². The molecule has 2 amide bonds. The summed E-state index contributed by atoms with van der Waals surface area (Å²) in [5.74, 6) is 0.659.